The molecule has 1 heterocycles. The number of carbonyl (C=O) groups is 2. The maximum Gasteiger partial charge on any atom is 0.253 e. The molecule has 3 N–H and O–H groups in total. The van der Waals surface area contributed by atoms with E-state index in [1.54, 1.807) is 6.08 Å². The van der Waals surface area contributed by atoms with Crippen LogP contribution in [0.2, 0.25) is 0 Å². The highest BCUT2D eigenvalue weighted by molar-refractivity contribution is 8.08. The number of primary amides is 1. The van der Waals surface area contributed by atoms with Crippen LogP contribution in [0.25, 0.3) is 0 Å². The fraction of sp³-hybridized carbons (Fsp3) is 0.714. The summed E-state index contributed by atoms with van der Waals surface area (Å²) in [6.07, 6.45) is 4.68. The lowest BCUT2D eigenvalue weighted by atomic mass is 9.80. The predicted molar refractivity (Wildman–Crippen MR) is 74.6 cm³/mol. The molecule has 3 aliphatic rings. The highest BCUT2D eigenvalue weighted by Crippen LogP contribution is 2.68. The summed E-state index contributed by atoms with van der Waals surface area (Å²) < 4.78 is 22.9. The third kappa shape index (κ3) is 1.53. The van der Waals surface area contributed by atoms with Crippen LogP contribution in [0.3, 0.4) is 0 Å². The van der Waals surface area contributed by atoms with E-state index in [9.17, 15) is 23.1 Å². The molecule has 6 nitrogen and oxygen atoms in total. The third-order valence-electron chi connectivity index (χ3n) is 5.43. The normalized spacial score (nSPS) is 45.1. The molecular weight excluding hydrogens is 294 g/mol. The monoisotopic (exact) mass is 313 g/mol. The van der Waals surface area contributed by atoms with Crippen molar-refractivity contribution in [3.8, 4) is 0 Å². The summed E-state index contributed by atoms with van der Waals surface area (Å²) in [6, 6.07) is 0. The summed E-state index contributed by atoms with van der Waals surface area (Å²) in [6.45, 7) is 1.53. The molecule has 3 rings (SSSR count). The molecule has 0 aromatic carbocycles. The van der Waals surface area contributed by atoms with Gasteiger partial charge >= 0.3 is 0 Å². The first kappa shape index (κ1) is 14.7. The van der Waals surface area contributed by atoms with Crippen LogP contribution in [0.5, 0.6) is 0 Å². The Morgan fingerprint density at radius 2 is 2.19 bits per heavy atom. The van der Waals surface area contributed by atoms with E-state index in [0.717, 1.165) is 12.8 Å². The molecule has 5 atom stereocenters. The third-order valence-corrected chi connectivity index (χ3v) is 8.00. The number of hydrogen-bond donors (Lipinski definition) is 2. The van der Waals surface area contributed by atoms with Crippen LogP contribution in [0.4, 0.5) is 0 Å². The molecule has 116 valence electrons. The van der Waals surface area contributed by atoms with E-state index in [2.05, 4.69) is 0 Å². The summed E-state index contributed by atoms with van der Waals surface area (Å²) in [4.78, 5) is 24.2. The van der Waals surface area contributed by atoms with E-state index in [1.165, 1.54) is 6.92 Å². The standard InChI is InChI=1S/C14H19NO5S/c1-13-7-9(13)14(11(15)17,21(19,20)12(13)18)10(16)8-5-3-2-4-6-8/h3,5,8-10,16H,2,4,6-7H2,1H3,(H2,15,17)/t8-,9+,10+,13?,14+/m1/s1. The average Bonchev–Trinajstić information content (AvgIpc) is 3.08. The maximum absolute atomic E-state index is 12.6. The van der Waals surface area contributed by atoms with Gasteiger partial charge in [-0.15, -0.1) is 0 Å². The molecule has 0 aromatic rings. The van der Waals surface area contributed by atoms with Crippen LogP contribution in [-0.4, -0.2) is 35.4 Å². The number of sulfone groups is 1. The van der Waals surface area contributed by atoms with Gasteiger partial charge in [0.2, 0.25) is 15.7 Å². The van der Waals surface area contributed by atoms with Crippen molar-refractivity contribution in [3.05, 3.63) is 12.2 Å². The quantitative estimate of drug-likeness (QED) is 0.707. The molecule has 0 bridgehead atoms. The molecule has 1 amide bonds. The SMILES string of the molecule is CC12C[C@@H]1[C@@](C(N)=O)([C@@H](O)[C@@H]1C=CCCC1)S(=O)(=O)C2=O. The highest BCUT2D eigenvalue weighted by atomic mass is 32.2. The number of rotatable bonds is 3. The summed E-state index contributed by atoms with van der Waals surface area (Å²) in [5, 5.41) is 9.73. The molecule has 0 radical (unpaired) electrons. The molecule has 21 heavy (non-hydrogen) atoms. The molecule has 1 aliphatic heterocycles. The first-order valence-electron chi connectivity index (χ1n) is 7.14. The Hall–Kier alpha value is -1.21. The van der Waals surface area contributed by atoms with Crippen molar-refractivity contribution >= 4 is 20.9 Å². The van der Waals surface area contributed by atoms with Crippen LogP contribution in [-0.2, 0) is 19.4 Å². The second kappa shape index (κ2) is 4.16. The lowest BCUT2D eigenvalue weighted by Gasteiger charge is -2.35. The molecule has 1 unspecified atom stereocenters. The Morgan fingerprint density at radius 1 is 1.52 bits per heavy atom. The van der Waals surface area contributed by atoms with Crippen molar-refractivity contribution in [3.63, 3.8) is 0 Å². The highest BCUT2D eigenvalue weighted by Gasteiger charge is 2.84. The van der Waals surface area contributed by atoms with Gasteiger partial charge in [-0.3, -0.25) is 9.59 Å². The Balaban J connectivity index is 2.14. The molecule has 0 spiro atoms. The van der Waals surface area contributed by atoms with Crippen molar-refractivity contribution in [1.82, 2.24) is 0 Å². The van der Waals surface area contributed by atoms with Gasteiger partial charge in [0, 0.05) is 17.3 Å². The number of hydrogen-bond acceptors (Lipinski definition) is 5. The largest absolute Gasteiger partial charge is 0.390 e. The number of allylic oxidation sites excluding steroid dienone is 1. The summed E-state index contributed by atoms with van der Waals surface area (Å²) in [7, 11) is -4.43. The lowest BCUT2D eigenvalue weighted by Crippen LogP contribution is -2.61. The Morgan fingerprint density at radius 3 is 2.62 bits per heavy atom. The number of aliphatic hydroxyl groups is 1. The minimum absolute atomic E-state index is 0.293. The van der Waals surface area contributed by atoms with Gasteiger partial charge in [0.15, 0.2) is 4.75 Å². The van der Waals surface area contributed by atoms with Gasteiger partial charge < -0.3 is 10.8 Å². The molecule has 2 fully saturated rings. The van der Waals surface area contributed by atoms with Crippen molar-refractivity contribution in [1.29, 1.82) is 0 Å². The number of amides is 1. The zero-order valence-corrected chi connectivity index (χ0v) is 12.6. The zero-order valence-electron chi connectivity index (χ0n) is 11.8. The summed E-state index contributed by atoms with van der Waals surface area (Å²) in [5.74, 6) is -2.27. The lowest BCUT2D eigenvalue weighted by molar-refractivity contribution is -0.125. The van der Waals surface area contributed by atoms with Gasteiger partial charge in [0.1, 0.15) is 0 Å². The summed E-state index contributed by atoms with van der Waals surface area (Å²) in [5.41, 5.74) is 4.34. The van der Waals surface area contributed by atoms with Gasteiger partial charge in [0.25, 0.3) is 5.12 Å². The van der Waals surface area contributed by atoms with Crippen molar-refractivity contribution < 1.29 is 23.1 Å². The number of carbonyl (C=O) groups excluding carboxylic acids is 2. The molecular formula is C14H19NO5S. The van der Waals surface area contributed by atoms with E-state index in [4.69, 9.17) is 5.73 Å². The fourth-order valence-corrected chi connectivity index (χ4v) is 6.72. The van der Waals surface area contributed by atoms with E-state index in [1.807, 2.05) is 6.08 Å². The van der Waals surface area contributed by atoms with Gasteiger partial charge in [-0.05, 0) is 25.7 Å². The fourth-order valence-electron chi connectivity index (χ4n) is 4.10. The molecule has 1 saturated heterocycles. The van der Waals surface area contributed by atoms with Crippen molar-refractivity contribution in [2.24, 2.45) is 23.0 Å². The van der Waals surface area contributed by atoms with Gasteiger partial charge in [-0.2, -0.15) is 0 Å². The van der Waals surface area contributed by atoms with E-state index in [0.29, 0.717) is 12.8 Å². The number of fused-ring (bicyclic) bond motifs is 1. The first-order valence-corrected chi connectivity index (χ1v) is 8.62. The van der Waals surface area contributed by atoms with Crippen LogP contribution in [0.1, 0.15) is 32.6 Å². The van der Waals surface area contributed by atoms with Gasteiger partial charge in [-0.1, -0.05) is 19.1 Å². The van der Waals surface area contributed by atoms with Crippen LogP contribution in [0.15, 0.2) is 12.2 Å². The van der Waals surface area contributed by atoms with E-state index >= 15 is 0 Å². The van der Waals surface area contributed by atoms with Crippen LogP contribution in [0, 0.1) is 17.3 Å². The maximum atomic E-state index is 12.6. The van der Waals surface area contributed by atoms with Crippen molar-refractivity contribution in [2.75, 3.05) is 0 Å². The number of nitrogens with two attached hydrogens (primary N) is 1. The van der Waals surface area contributed by atoms with Gasteiger partial charge in [-0.25, -0.2) is 8.42 Å². The number of aliphatic hydroxyl groups excluding tert-OH is 1. The van der Waals surface area contributed by atoms with E-state index in [-0.39, 0.29) is 0 Å². The Kier molecular flexibility index (Phi) is 2.92. The zero-order chi connectivity index (χ0) is 15.6. The second-order valence-electron chi connectivity index (χ2n) is 6.59. The molecule has 2 aliphatic carbocycles. The minimum atomic E-state index is -4.43. The predicted octanol–water partition coefficient (Wildman–Crippen LogP) is -0.0911. The topological polar surface area (TPSA) is 115 Å². The molecule has 0 aromatic heterocycles. The van der Waals surface area contributed by atoms with Crippen LogP contribution >= 0.6 is 0 Å². The second-order valence-corrected chi connectivity index (χ2v) is 8.64. The average molecular weight is 313 g/mol. The Labute approximate surface area is 123 Å². The molecule has 7 heteroatoms. The smallest absolute Gasteiger partial charge is 0.253 e. The molecule has 1 saturated carbocycles. The first-order chi connectivity index (χ1) is 9.70. The summed E-state index contributed by atoms with van der Waals surface area (Å²) >= 11 is 0. The van der Waals surface area contributed by atoms with E-state index < -0.39 is 49.0 Å². The van der Waals surface area contributed by atoms with Crippen LogP contribution < -0.4 is 5.73 Å². The van der Waals surface area contributed by atoms with Gasteiger partial charge in [0.05, 0.1) is 6.10 Å². The Bertz CT molecular complexity index is 654. The minimum Gasteiger partial charge on any atom is -0.390 e. The van der Waals surface area contributed by atoms with Crippen molar-refractivity contribution in [2.45, 2.75) is 43.5 Å².